The molecule has 0 amide bonds. The highest BCUT2D eigenvalue weighted by Gasteiger charge is 2.04. The monoisotopic (exact) mass is 353 g/mol. The van der Waals surface area contributed by atoms with E-state index in [-0.39, 0.29) is 6.10 Å². The molecule has 2 heterocycles. The van der Waals surface area contributed by atoms with Crippen LogP contribution in [-0.2, 0) is 0 Å². The van der Waals surface area contributed by atoms with E-state index in [1.165, 1.54) is 0 Å². The Morgan fingerprint density at radius 1 is 1.04 bits per heavy atom. The van der Waals surface area contributed by atoms with Gasteiger partial charge in [0.2, 0.25) is 0 Å². The van der Waals surface area contributed by atoms with Gasteiger partial charge in [-0.3, -0.25) is 4.98 Å². The molecule has 0 atom stereocenters. The number of anilines is 2. The van der Waals surface area contributed by atoms with Gasteiger partial charge in [0, 0.05) is 18.1 Å². The maximum Gasteiger partial charge on any atom is 0.175 e. The second kappa shape index (κ2) is 7.76. The average Bonchev–Trinajstić information content (AvgIpc) is 3.05. The van der Waals surface area contributed by atoms with E-state index in [4.69, 9.17) is 17.0 Å². The summed E-state index contributed by atoms with van der Waals surface area (Å²) in [5, 5.41) is 11.1. The fourth-order valence-corrected chi connectivity index (χ4v) is 2.44. The van der Waals surface area contributed by atoms with Gasteiger partial charge < -0.3 is 15.4 Å². The molecule has 0 fully saturated rings. The van der Waals surface area contributed by atoms with Crippen molar-refractivity contribution >= 4 is 28.7 Å². The van der Waals surface area contributed by atoms with E-state index in [0.29, 0.717) is 5.11 Å². The SMILES string of the molecule is CC(C)Oc1ccc(NC(=S)Nc2cnn(-c3ccncc3)c2)cc1. The van der Waals surface area contributed by atoms with Crippen LogP contribution < -0.4 is 15.4 Å². The molecule has 128 valence electrons. The van der Waals surface area contributed by atoms with Crippen LogP contribution in [0.2, 0.25) is 0 Å². The molecule has 0 aliphatic carbocycles. The van der Waals surface area contributed by atoms with E-state index in [1.807, 2.05) is 56.4 Å². The normalized spacial score (nSPS) is 10.5. The zero-order chi connectivity index (χ0) is 17.6. The van der Waals surface area contributed by atoms with Gasteiger partial charge in [0.15, 0.2) is 5.11 Å². The Balaban J connectivity index is 1.58. The maximum atomic E-state index is 5.62. The number of ether oxygens (including phenoxy) is 1. The number of nitrogens with zero attached hydrogens (tertiary/aromatic N) is 3. The second-order valence-corrected chi connectivity index (χ2v) is 6.06. The quantitative estimate of drug-likeness (QED) is 0.679. The first-order chi connectivity index (χ1) is 12.1. The fourth-order valence-electron chi connectivity index (χ4n) is 2.21. The molecule has 0 aliphatic heterocycles. The number of hydrogen-bond donors (Lipinski definition) is 2. The highest BCUT2D eigenvalue weighted by Crippen LogP contribution is 2.17. The summed E-state index contributed by atoms with van der Waals surface area (Å²) in [7, 11) is 0. The predicted octanol–water partition coefficient (Wildman–Crippen LogP) is 3.86. The van der Waals surface area contributed by atoms with Crippen LogP contribution >= 0.6 is 12.2 Å². The maximum absolute atomic E-state index is 5.62. The van der Waals surface area contributed by atoms with E-state index >= 15 is 0 Å². The molecule has 25 heavy (non-hydrogen) atoms. The number of rotatable bonds is 5. The van der Waals surface area contributed by atoms with Gasteiger partial charge in [-0.1, -0.05) is 0 Å². The molecule has 3 aromatic rings. The lowest BCUT2D eigenvalue weighted by Crippen LogP contribution is -2.18. The van der Waals surface area contributed by atoms with Crippen molar-refractivity contribution in [3.05, 3.63) is 61.2 Å². The highest BCUT2D eigenvalue weighted by molar-refractivity contribution is 7.80. The van der Waals surface area contributed by atoms with Crippen molar-refractivity contribution in [2.45, 2.75) is 20.0 Å². The van der Waals surface area contributed by atoms with Crippen LogP contribution in [-0.4, -0.2) is 26.0 Å². The van der Waals surface area contributed by atoms with Crippen LogP contribution in [0.15, 0.2) is 61.2 Å². The minimum Gasteiger partial charge on any atom is -0.491 e. The Labute approximate surface area is 151 Å². The molecule has 3 rings (SSSR count). The number of nitrogens with one attached hydrogen (secondary N) is 2. The van der Waals surface area contributed by atoms with Crippen LogP contribution in [0.25, 0.3) is 5.69 Å². The Kier molecular flexibility index (Phi) is 5.25. The van der Waals surface area contributed by atoms with Gasteiger partial charge in [-0.15, -0.1) is 0 Å². The van der Waals surface area contributed by atoms with Crippen molar-refractivity contribution in [3.63, 3.8) is 0 Å². The van der Waals surface area contributed by atoms with Crippen molar-refractivity contribution in [1.82, 2.24) is 14.8 Å². The van der Waals surface area contributed by atoms with Crippen molar-refractivity contribution in [1.29, 1.82) is 0 Å². The van der Waals surface area contributed by atoms with Crippen LogP contribution in [0.1, 0.15) is 13.8 Å². The first kappa shape index (κ1) is 16.9. The third-order valence-corrected chi connectivity index (χ3v) is 3.46. The molecule has 6 nitrogen and oxygen atoms in total. The number of benzene rings is 1. The average molecular weight is 353 g/mol. The first-order valence-electron chi connectivity index (χ1n) is 7.90. The number of pyridine rings is 1. The largest absolute Gasteiger partial charge is 0.491 e. The van der Waals surface area contributed by atoms with E-state index in [2.05, 4.69) is 20.7 Å². The highest BCUT2D eigenvalue weighted by atomic mass is 32.1. The topological polar surface area (TPSA) is 64.0 Å². The van der Waals surface area contributed by atoms with Gasteiger partial charge in [0.25, 0.3) is 0 Å². The molecule has 0 saturated heterocycles. The Morgan fingerprint density at radius 3 is 2.40 bits per heavy atom. The number of hydrogen-bond acceptors (Lipinski definition) is 4. The van der Waals surface area contributed by atoms with Crippen molar-refractivity contribution in [2.24, 2.45) is 0 Å². The number of aromatic nitrogens is 3. The Bertz CT molecular complexity index is 830. The summed E-state index contributed by atoms with van der Waals surface area (Å²) in [5.41, 5.74) is 2.62. The first-order valence-corrected chi connectivity index (χ1v) is 8.31. The lowest BCUT2D eigenvalue weighted by Gasteiger charge is -2.12. The van der Waals surface area contributed by atoms with Gasteiger partial charge in [0.05, 0.1) is 29.9 Å². The smallest absolute Gasteiger partial charge is 0.175 e. The van der Waals surface area contributed by atoms with E-state index in [9.17, 15) is 0 Å². The third-order valence-electron chi connectivity index (χ3n) is 3.25. The minimum absolute atomic E-state index is 0.151. The third kappa shape index (κ3) is 4.77. The fraction of sp³-hybridized carbons (Fsp3) is 0.167. The van der Waals surface area contributed by atoms with E-state index < -0.39 is 0 Å². The molecular weight excluding hydrogens is 334 g/mol. The summed E-state index contributed by atoms with van der Waals surface area (Å²) >= 11 is 5.35. The molecule has 7 heteroatoms. The van der Waals surface area contributed by atoms with Crippen molar-refractivity contribution < 1.29 is 4.74 Å². The molecule has 1 aromatic carbocycles. The number of thiocarbonyl (C=S) groups is 1. The molecule has 0 radical (unpaired) electrons. The van der Waals surface area contributed by atoms with Crippen LogP contribution in [0.4, 0.5) is 11.4 Å². The molecule has 0 aliphatic rings. The summed E-state index contributed by atoms with van der Waals surface area (Å²) in [6, 6.07) is 11.4. The standard InChI is InChI=1S/C18H19N5OS/c1-13(2)24-17-5-3-14(4-6-17)21-18(25)22-15-11-20-23(12-15)16-7-9-19-10-8-16/h3-13H,1-2H3,(H2,21,22,25). The predicted molar refractivity (Wildman–Crippen MR) is 103 cm³/mol. The molecule has 0 bridgehead atoms. The summed E-state index contributed by atoms with van der Waals surface area (Å²) in [5.74, 6) is 0.832. The van der Waals surface area contributed by atoms with Gasteiger partial charge >= 0.3 is 0 Å². The molecule has 0 spiro atoms. The summed E-state index contributed by atoms with van der Waals surface area (Å²) in [6.07, 6.45) is 7.18. The summed E-state index contributed by atoms with van der Waals surface area (Å²) in [4.78, 5) is 4.00. The zero-order valence-electron chi connectivity index (χ0n) is 14.0. The van der Waals surface area contributed by atoms with Gasteiger partial charge in [0.1, 0.15) is 5.75 Å². The Morgan fingerprint density at radius 2 is 1.72 bits per heavy atom. The van der Waals surface area contributed by atoms with Crippen molar-refractivity contribution in [2.75, 3.05) is 10.6 Å². The Hall–Kier alpha value is -2.93. The summed E-state index contributed by atoms with van der Waals surface area (Å²) in [6.45, 7) is 3.99. The van der Waals surface area contributed by atoms with Crippen molar-refractivity contribution in [3.8, 4) is 11.4 Å². The van der Waals surface area contributed by atoms with E-state index in [0.717, 1.165) is 22.8 Å². The minimum atomic E-state index is 0.151. The van der Waals surface area contributed by atoms with Gasteiger partial charge in [-0.2, -0.15) is 5.10 Å². The van der Waals surface area contributed by atoms with Crippen LogP contribution in [0, 0.1) is 0 Å². The van der Waals surface area contributed by atoms with Gasteiger partial charge in [-0.25, -0.2) is 4.68 Å². The lowest BCUT2D eigenvalue weighted by atomic mass is 10.3. The van der Waals surface area contributed by atoms with Crippen LogP contribution in [0.3, 0.4) is 0 Å². The molecule has 2 aromatic heterocycles. The molecular formula is C18H19N5OS. The second-order valence-electron chi connectivity index (χ2n) is 5.65. The van der Waals surface area contributed by atoms with Gasteiger partial charge in [-0.05, 0) is 62.5 Å². The molecule has 0 unspecified atom stereocenters. The summed E-state index contributed by atoms with van der Waals surface area (Å²) < 4.78 is 7.38. The molecule has 2 N–H and O–H groups in total. The lowest BCUT2D eigenvalue weighted by molar-refractivity contribution is 0.242. The zero-order valence-corrected chi connectivity index (χ0v) is 14.8. The van der Waals surface area contributed by atoms with Crippen LogP contribution in [0.5, 0.6) is 5.75 Å². The van der Waals surface area contributed by atoms with E-state index in [1.54, 1.807) is 23.3 Å². The molecule has 0 saturated carbocycles.